The van der Waals surface area contributed by atoms with Gasteiger partial charge in [-0.1, -0.05) is 42.3 Å². The first-order valence-corrected chi connectivity index (χ1v) is 11.8. The highest BCUT2D eigenvalue weighted by Crippen LogP contribution is 2.35. The second kappa shape index (κ2) is 9.26. The van der Waals surface area contributed by atoms with Crippen LogP contribution < -0.4 is 4.74 Å². The van der Waals surface area contributed by atoms with Gasteiger partial charge in [-0.05, 0) is 56.4 Å². The number of hydrogen-bond acceptors (Lipinski definition) is 5. The highest BCUT2D eigenvalue weighted by atomic mass is 19.4. The van der Waals surface area contributed by atoms with E-state index in [1.54, 1.807) is 0 Å². The van der Waals surface area contributed by atoms with E-state index in [1.165, 1.54) is 12.1 Å². The molecule has 0 N–H and O–H groups in total. The third kappa shape index (κ3) is 4.63. The lowest BCUT2D eigenvalue weighted by Crippen LogP contribution is -2.29. The minimum atomic E-state index is -4.41. The second-order valence-electron chi connectivity index (χ2n) is 9.24. The Balaban J connectivity index is 1.66. The summed E-state index contributed by atoms with van der Waals surface area (Å²) in [5, 5.41) is 9.52. The zero-order valence-corrected chi connectivity index (χ0v) is 19.9. The Morgan fingerprint density at radius 1 is 1.11 bits per heavy atom. The largest absolute Gasteiger partial charge is 0.473 e. The molecule has 1 aliphatic rings. The highest BCUT2D eigenvalue weighted by Gasteiger charge is 2.31. The van der Waals surface area contributed by atoms with E-state index in [0.717, 1.165) is 42.5 Å². The summed E-state index contributed by atoms with van der Waals surface area (Å²) in [7, 11) is 0. The summed E-state index contributed by atoms with van der Waals surface area (Å²) in [4.78, 5) is 13.4. The Bertz CT molecular complexity index is 1450. The Labute approximate surface area is 206 Å². The summed E-state index contributed by atoms with van der Waals surface area (Å²) < 4.78 is 47.4. The Morgan fingerprint density at radius 3 is 2.47 bits per heavy atom. The number of hydrogen-bond donors (Lipinski definition) is 0. The van der Waals surface area contributed by atoms with Crippen molar-refractivity contribution >= 4 is 11.2 Å². The number of nitrogens with zero attached hydrogens (tertiary/aromatic N) is 5. The summed E-state index contributed by atoms with van der Waals surface area (Å²) in [6, 6.07) is 14.8. The van der Waals surface area contributed by atoms with Crippen LogP contribution in [0.25, 0.3) is 22.6 Å². The van der Waals surface area contributed by atoms with Gasteiger partial charge in [-0.3, -0.25) is 0 Å². The topological polar surface area (TPSA) is 76.6 Å². The first-order chi connectivity index (χ1) is 17.2. The molecule has 1 saturated carbocycles. The molecule has 9 heteroatoms. The molecule has 1 atom stereocenters. The van der Waals surface area contributed by atoms with Crippen LogP contribution in [-0.4, -0.2) is 25.6 Å². The van der Waals surface area contributed by atoms with E-state index < -0.39 is 11.7 Å². The van der Waals surface area contributed by atoms with E-state index >= 15 is 0 Å². The molecule has 2 aromatic heterocycles. The van der Waals surface area contributed by atoms with Crippen LogP contribution in [0.4, 0.5) is 13.2 Å². The molecule has 1 unspecified atom stereocenters. The third-order valence-corrected chi connectivity index (χ3v) is 6.68. The number of rotatable bonds is 6. The van der Waals surface area contributed by atoms with Gasteiger partial charge in [0.1, 0.15) is 18.0 Å². The van der Waals surface area contributed by atoms with Gasteiger partial charge in [-0.25, -0.2) is 4.98 Å². The van der Waals surface area contributed by atoms with Crippen LogP contribution in [0.2, 0.25) is 0 Å². The van der Waals surface area contributed by atoms with E-state index in [1.807, 2.05) is 48.7 Å². The maximum absolute atomic E-state index is 13.1. The number of aromatic nitrogens is 4. The SMILES string of the molecule is Cc1cccc(-c2nc3nc(C#N)nc(OC(C)C4CCC4)c3n2Cc2ccc(C(F)(F)F)cc2)c1. The lowest BCUT2D eigenvalue weighted by molar-refractivity contribution is -0.137. The lowest BCUT2D eigenvalue weighted by atomic mass is 9.82. The number of aryl methyl sites for hydroxylation is 1. The molecule has 0 spiro atoms. The fraction of sp³-hybridized carbons (Fsp3) is 0.333. The zero-order valence-electron chi connectivity index (χ0n) is 19.9. The van der Waals surface area contributed by atoms with Crippen LogP contribution in [0, 0.1) is 24.2 Å². The van der Waals surface area contributed by atoms with Gasteiger partial charge in [0.15, 0.2) is 11.2 Å². The van der Waals surface area contributed by atoms with E-state index in [0.29, 0.717) is 28.5 Å². The molecule has 36 heavy (non-hydrogen) atoms. The van der Waals surface area contributed by atoms with Crippen LogP contribution in [0.15, 0.2) is 48.5 Å². The molecule has 2 aromatic carbocycles. The summed E-state index contributed by atoms with van der Waals surface area (Å²) in [5.41, 5.74) is 2.60. The lowest BCUT2D eigenvalue weighted by Gasteiger charge is -2.31. The van der Waals surface area contributed by atoms with Gasteiger partial charge in [-0.15, -0.1) is 0 Å². The standard InChI is InChI=1S/C27H24F3N5O/c1-16-5-3-8-20(13-16)25-34-24-23(35(25)15-18-9-11-21(12-10-18)27(28,29)30)26(33-22(14-31)32-24)36-17(2)19-6-4-7-19/h3,5,8-13,17,19H,4,6-7,15H2,1-2H3. The Kier molecular flexibility index (Phi) is 6.12. The predicted molar refractivity (Wildman–Crippen MR) is 128 cm³/mol. The van der Waals surface area contributed by atoms with Crippen molar-refractivity contribution in [2.75, 3.05) is 0 Å². The number of nitriles is 1. The summed E-state index contributed by atoms with van der Waals surface area (Å²) in [5.74, 6) is 1.18. The van der Waals surface area contributed by atoms with Gasteiger partial charge in [-0.2, -0.15) is 28.4 Å². The van der Waals surface area contributed by atoms with Gasteiger partial charge < -0.3 is 9.30 Å². The molecule has 0 aliphatic heterocycles. The number of ether oxygens (including phenoxy) is 1. The molecule has 2 heterocycles. The smallest absolute Gasteiger partial charge is 0.416 e. The molecular weight excluding hydrogens is 467 g/mol. The van der Waals surface area contributed by atoms with E-state index in [-0.39, 0.29) is 24.4 Å². The zero-order chi connectivity index (χ0) is 25.4. The van der Waals surface area contributed by atoms with Crippen molar-refractivity contribution in [3.05, 3.63) is 71.0 Å². The van der Waals surface area contributed by atoms with Crippen molar-refractivity contribution in [1.82, 2.24) is 19.5 Å². The highest BCUT2D eigenvalue weighted by molar-refractivity contribution is 5.82. The molecule has 184 valence electrons. The number of fused-ring (bicyclic) bond motifs is 1. The van der Waals surface area contributed by atoms with Gasteiger partial charge in [0.2, 0.25) is 11.7 Å². The third-order valence-electron chi connectivity index (χ3n) is 6.68. The molecule has 4 aromatic rings. The first kappa shape index (κ1) is 23.8. The fourth-order valence-corrected chi connectivity index (χ4v) is 4.46. The molecule has 0 saturated heterocycles. The van der Waals surface area contributed by atoms with Gasteiger partial charge in [0, 0.05) is 12.1 Å². The second-order valence-corrected chi connectivity index (χ2v) is 9.24. The van der Waals surface area contributed by atoms with Crippen LogP contribution >= 0.6 is 0 Å². The molecular formula is C27H24F3N5O. The normalized spacial score (nSPS) is 14.9. The van der Waals surface area contributed by atoms with Gasteiger partial charge in [0.25, 0.3) is 0 Å². The minimum absolute atomic E-state index is 0.0479. The van der Waals surface area contributed by atoms with Gasteiger partial charge in [0.05, 0.1) is 5.56 Å². The summed E-state index contributed by atoms with van der Waals surface area (Å²) in [6.45, 7) is 4.18. The van der Waals surface area contributed by atoms with Crippen LogP contribution in [0.3, 0.4) is 0 Å². The van der Waals surface area contributed by atoms with Crippen molar-refractivity contribution in [2.24, 2.45) is 5.92 Å². The molecule has 0 radical (unpaired) electrons. The first-order valence-electron chi connectivity index (χ1n) is 11.8. The van der Waals surface area contributed by atoms with Crippen molar-refractivity contribution in [3.8, 4) is 23.3 Å². The average Bonchev–Trinajstić information content (AvgIpc) is 3.16. The van der Waals surface area contributed by atoms with Crippen molar-refractivity contribution < 1.29 is 17.9 Å². The molecule has 0 amide bonds. The number of benzene rings is 2. The quantitative estimate of drug-likeness (QED) is 0.316. The van der Waals surface area contributed by atoms with Crippen molar-refractivity contribution in [3.63, 3.8) is 0 Å². The molecule has 6 nitrogen and oxygen atoms in total. The maximum atomic E-state index is 13.1. The van der Waals surface area contributed by atoms with Crippen LogP contribution in [0.1, 0.15) is 48.7 Å². The molecule has 1 fully saturated rings. The molecule has 5 rings (SSSR count). The average molecular weight is 492 g/mol. The van der Waals surface area contributed by atoms with E-state index in [9.17, 15) is 18.4 Å². The Morgan fingerprint density at radius 2 is 1.86 bits per heavy atom. The maximum Gasteiger partial charge on any atom is 0.416 e. The van der Waals surface area contributed by atoms with Crippen molar-refractivity contribution in [1.29, 1.82) is 5.26 Å². The summed E-state index contributed by atoms with van der Waals surface area (Å²) >= 11 is 0. The Hall–Kier alpha value is -3.93. The van der Waals surface area contributed by atoms with E-state index in [2.05, 4.69) is 9.97 Å². The molecule has 0 bridgehead atoms. The van der Waals surface area contributed by atoms with Crippen molar-refractivity contribution in [2.45, 2.75) is 51.9 Å². The number of halogens is 3. The number of alkyl halides is 3. The monoisotopic (exact) mass is 491 g/mol. The van der Waals surface area contributed by atoms with Crippen LogP contribution in [-0.2, 0) is 12.7 Å². The molecule has 1 aliphatic carbocycles. The van der Waals surface area contributed by atoms with E-state index in [4.69, 9.17) is 9.72 Å². The van der Waals surface area contributed by atoms with Gasteiger partial charge >= 0.3 is 6.18 Å². The fourth-order valence-electron chi connectivity index (χ4n) is 4.46. The van der Waals surface area contributed by atoms with Crippen LogP contribution in [0.5, 0.6) is 5.88 Å². The summed E-state index contributed by atoms with van der Waals surface area (Å²) in [6.07, 6.45) is -1.22. The number of imidazole rings is 1. The predicted octanol–water partition coefficient (Wildman–Crippen LogP) is 6.31. The minimum Gasteiger partial charge on any atom is -0.473 e.